The highest BCUT2D eigenvalue weighted by Gasteiger charge is 2.81. The minimum atomic E-state index is -2.13. The molecule has 2 N–H and O–H groups in total. The Kier molecular flexibility index (Phi) is 7.29. The number of benzene rings is 1. The summed E-state index contributed by atoms with van der Waals surface area (Å²) in [4.78, 5) is 26.6. The van der Waals surface area contributed by atoms with Gasteiger partial charge in [-0.2, -0.15) is 0 Å². The van der Waals surface area contributed by atoms with Crippen LogP contribution in [0.3, 0.4) is 0 Å². The average Bonchev–Trinajstić information content (AvgIpc) is 3.38. The molecule has 9 nitrogen and oxygen atoms in total. The Balaban J connectivity index is 1.57. The monoisotopic (exact) mass is 569 g/mol. The highest BCUT2D eigenvalue weighted by Crippen LogP contribution is 2.67. The SMILES string of the molecule is CC[C@@]1(C)CC(=O)[C@]2(O)[C@@]3(C)[C@@H](OCc4cc(-c5ccccc5)no4)CCC(C)(C)[C@@H]3[C@H](O)[C@H](OC(C)=O)[C@@]2(C)O1. The average molecular weight is 570 g/mol. The number of carbonyl (C=O) groups excluding carboxylic acids is 2. The Bertz CT molecular complexity index is 1310. The molecule has 1 aromatic carbocycles. The lowest BCUT2D eigenvalue weighted by atomic mass is 9.39. The number of rotatable bonds is 6. The highest BCUT2D eigenvalue weighted by atomic mass is 16.6. The quantitative estimate of drug-likeness (QED) is 0.479. The van der Waals surface area contributed by atoms with E-state index < -0.39 is 63.6 Å². The zero-order valence-corrected chi connectivity index (χ0v) is 25.1. The standard InChI is InChI=1S/C32H43NO8/c1-8-29(5)17-23(35)32(37)30(6)24(38-18-21-16-22(33-40-21)20-12-10-9-11-13-20)14-15-28(3,4)26(30)25(36)27(39-19(2)34)31(32,7)41-29/h9-13,16,24-27,36-37H,8,14-15,17-18H2,1-7H3/t24-,25-,26-,27-,29-,30-,31+,32-/m0/s1. The Labute approximate surface area is 241 Å². The van der Waals surface area contributed by atoms with Crippen LogP contribution >= 0.6 is 0 Å². The van der Waals surface area contributed by atoms with Gasteiger partial charge in [-0.25, -0.2) is 0 Å². The van der Waals surface area contributed by atoms with Gasteiger partial charge in [0.2, 0.25) is 0 Å². The number of Topliss-reactive ketones (excluding diaryl/α,β-unsaturated/α-hetero) is 1. The summed E-state index contributed by atoms with van der Waals surface area (Å²) in [5.41, 5.74) is -5.00. The van der Waals surface area contributed by atoms with Gasteiger partial charge in [-0.1, -0.05) is 63.2 Å². The van der Waals surface area contributed by atoms with Crippen molar-refractivity contribution >= 4 is 11.8 Å². The number of hydrogen-bond acceptors (Lipinski definition) is 9. The predicted molar refractivity (Wildman–Crippen MR) is 149 cm³/mol. The Morgan fingerprint density at radius 2 is 1.83 bits per heavy atom. The largest absolute Gasteiger partial charge is 0.457 e. The van der Waals surface area contributed by atoms with Crippen molar-refractivity contribution in [1.82, 2.24) is 5.16 Å². The highest BCUT2D eigenvalue weighted by molar-refractivity contribution is 5.92. The number of carbonyl (C=O) groups is 2. The molecular weight excluding hydrogens is 526 g/mol. The Morgan fingerprint density at radius 1 is 1.15 bits per heavy atom. The van der Waals surface area contributed by atoms with Crippen molar-refractivity contribution in [3.8, 4) is 11.3 Å². The lowest BCUT2D eigenvalue weighted by molar-refractivity contribution is -0.378. The molecule has 0 bridgehead atoms. The smallest absolute Gasteiger partial charge is 0.303 e. The first-order chi connectivity index (χ1) is 19.1. The molecule has 3 fully saturated rings. The molecule has 2 aromatic rings. The van der Waals surface area contributed by atoms with Gasteiger partial charge in [-0.3, -0.25) is 9.59 Å². The van der Waals surface area contributed by atoms with Crippen molar-refractivity contribution in [2.75, 3.05) is 0 Å². The Hall–Kier alpha value is -2.59. The third kappa shape index (κ3) is 4.39. The van der Waals surface area contributed by atoms with E-state index in [0.717, 1.165) is 5.56 Å². The first-order valence-electron chi connectivity index (χ1n) is 14.6. The molecule has 9 heteroatoms. The van der Waals surface area contributed by atoms with Gasteiger partial charge in [0.1, 0.15) is 17.9 Å². The van der Waals surface area contributed by atoms with Gasteiger partial charge in [-0.15, -0.1) is 0 Å². The number of nitrogens with zero attached hydrogens (tertiary/aromatic N) is 1. The fraction of sp³-hybridized carbons (Fsp3) is 0.656. The van der Waals surface area contributed by atoms with Crippen molar-refractivity contribution < 1.29 is 38.5 Å². The normalized spacial score (nSPS) is 40.0. The third-order valence-corrected chi connectivity index (χ3v) is 10.4. The Morgan fingerprint density at radius 3 is 2.46 bits per heavy atom. The van der Waals surface area contributed by atoms with Gasteiger partial charge >= 0.3 is 5.97 Å². The summed E-state index contributed by atoms with van der Waals surface area (Å²) in [7, 11) is 0. The number of aliphatic hydroxyl groups is 2. The maximum absolute atomic E-state index is 14.3. The van der Waals surface area contributed by atoms with E-state index in [1.807, 2.05) is 71.0 Å². The summed E-state index contributed by atoms with van der Waals surface area (Å²) >= 11 is 0. The molecular formula is C32H43NO8. The minimum Gasteiger partial charge on any atom is -0.457 e. The second kappa shape index (κ2) is 10.0. The van der Waals surface area contributed by atoms with Crippen LogP contribution in [0.5, 0.6) is 0 Å². The van der Waals surface area contributed by atoms with E-state index in [1.165, 1.54) is 6.92 Å². The maximum Gasteiger partial charge on any atom is 0.303 e. The van der Waals surface area contributed by atoms with Crippen molar-refractivity contribution in [3.63, 3.8) is 0 Å². The lowest BCUT2D eigenvalue weighted by Gasteiger charge is -2.71. The molecule has 8 atom stereocenters. The second-order valence-corrected chi connectivity index (χ2v) is 13.5. The van der Waals surface area contributed by atoms with E-state index in [1.54, 1.807) is 6.92 Å². The van der Waals surface area contributed by atoms with Crippen LogP contribution in [0.4, 0.5) is 0 Å². The molecule has 2 aliphatic carbocycles. The molecule has 2 heterocycles. The number of fused-ring (bicyclic) bond motifs is 3. The van der Waals surface area contributed by atoms with E-state index in [0.29, 0.717) is 30.7 Å². The van der Waals surface area contributed by atoms with Crippen LogP contribution in [0.15, 0.2) is 40.9 Å². The van der Waals surface area contributed by atoms with Gasteiger partial charge in [0.15, 0.2) is 23.2 Å². The van der Waals surface area contributed by atoms with Gasteiger partial charge in [0.25, 0.3) is 0 Å². The molecule has 0 amide bonds. The zero-order chi connectivity index (χ0) is 30.0. The molecule has 224 valence electrons. The molecule has 0 unspecified atom stereocenters. The molecule has 1 aromatic heterocycles. The molecule has 2 saturated carbocycles. The lowest BCUT2D eigenvalue weighted by Crippen LogP contribution is -2.87. The van der Waals surface area contributed by atoms with Crippen LogP contribution in [-0.2, 0) is 30.4 Å². The number of hydrogen-bond donors (Lipinski definition) is 2. The van der Waals surface area contributed by atoms with Crippen molar-refractivity contribution in [3.05, 3.63) is 42.2 Å². The summed E-state index contributed by atoms with van der Waals surface area (Å²) in [6.07, 6.45) is -1.48. The van der Waals surface area contributed by atoms with E-state index in [9.17, 15) is 19.8 Å². The van der Waals surface area contributed by atoms with Crippen LogP contribution in [0, 0.1) is 16.7 Å². The van der Waals surface area contributed by atoms with E-state index in [4.69, 9.17) is 18.7 Å². The maximum atomic E-state index is 14.3. The number of aromatic nitrogens is 1. The predicted octanol–water partition coefficient (Wildman–Crippen LogP) is 4.62. The van der Waals surface area contributed by atoms with E-state index >= 15 is 0 Å². The van der Waals surface area contributed by atoms with Gasteiger partial charge in [0, 0.05) is 36.3 Å². The van der Waals surface area contributed by atoms with Gasteiger partial charge in [-0.05, 0) is 38.5 Å². The number of aliphatic hydroxyl groups excluding tert-OH is 1. The van der Waals surface area contributed by atoms with Gasteiger partial charge in [0.05, 0.1) is 17.8 Å². The van der Waals surface area contributed by atoms with Crippen LogP contribution in [-0.4, -0.2) is 62.2 Å². The molecule has 5 rings (SSSR count). The molecule has 0 spiro atoms. The first-order valence-corrected chi connectivity index (χ1v) is 14.6. The fourth-order valence-electron chi connectivity index (χ4n) is 8.33. The van der Waals surface area contributed by atoms with Crippen molar-refractivity contribution in [2.24, 2.45) is 16.7 Å². The summed E-state index contributed by atoms with van der Waals surface area (Å²) < 4.78 is 24.5. The van der Waals surface area contributed by atoms with E-state index in [2.05, 4.69) is 5.16 Å². The number of ether oxygens (including phenoxy) is 3. The van der Waals surface area contributed by atoms with E-state index in [-0.39, 0.29) is 13.0 Å². The van der Waals surface area contributed by atoms with Gasteiger partial charge < -0.3 is 28.9 Å². The van der Waals surface area contributed by atoms with Crippen molar-refractivity contribution in [1.29, 1.82) is 0 Å². The van der Waals surface area contributed by atoms with Crippen LogP contribution in [0.25, 0.3) is 11.3 Å². The second-order valence-electron chi connectivity index (χ2n) is 13.5. The molecule has 0 radical (unpaired) electrons. The van der Waals surface area contributed by atoms with Crippen LogP contribution < -0.4 is 0 Å². The number of esters is 1. The topological polar surface area (TPSA) is 128 Å². The molecule has 3 aliphatic rings. The molecule has 41 heavy (non-hydrogen) atoms. The summed E-state index contributed by atoms with van der Waals surface area (Å²) in [5.74, 6) is -1.18. The zero-order valence-electron chi connectivity index (χ0n) is 25.1. The summed E-state index contributed by atoms with van der Waals surface area (Å²) in [6, 6.07) is 11.5. The van der Waals surface area contributed by atoms with Crippen LogP contribution in [0.2, 0.25) is 0 Å². The van der Waals surface area contributed by atoms with Crippen molar-refractivity contribution in [2.45, 2.75) is 116 Å². The van der Waals surface area contributed by atoms with Crippen LogP contribution in [0.1, 0.15) is 79.9 Å². The first kappa shape index (κ1) is 29.9. The summed E-state index contributed by atoms with van der Waals surface area (Å²) in [5, 5.41) is 29.1. The summed E-state index contributed by atoms with van der Waals surface area (Å²) in [6.45, 7) is 12.5. The fourth-order valence-corrected chi connectivity index (χ4v) is 8.33. The number of ketones is 1. The third-order valence-electron chi connectivity index (χ3n) is 10.4. The minimum absolute atomic E-state index is 0.0174. The molecule has 1 saturated heterocycles. The molecule has 1 aliphatic heterocycles.